The molecule has 0 saturated heterocycles. The maximum absolute atomic E-state index is 13.2. The van der Waals surface area contributed by atoms with Crippen LogP contribution >= 0.6 is 23.1 Å². The van der Waals surface area contributed by atoms with Crippen molar-refractivity contribution in [2.45, 2.75) is 30.8 Å². The number of hydrogen-bond donors (Lipinski definition) is 0. The Balaban J connectivity index is 1.61. The molecule has 2 aromatic heterocycles. The van der Waals surface area contributed by atoms with E-state index >= 15 is 0 Å². The molecule has 4 rings (SSSR count). The van der Waals surface area contributed by atoms with Crippen LogP contribution in [0.2, 0.25) is 0 Å². The quantitative estimate of drug-likeness (QED) is 0.330. The minimum Gasteiger partial charge on any atom is -0.312 e. The summed E-state index contributed by atoms with van der Waals surface area (Å²) in [7, 11) is 0. The lowest BCUT2D eigenvalue weighted by Gasteiger charge is -2.24. The van der Waals surface area contributed by atoms with Gasteiger partial charge in [-0.2, -0.15) is 0 Å². The molecule has 0 spiro atoms. The number of carbonyl (C=O) groups is 1. The van der Waals surface area contributed by atoms with Gasteiger partial charge in [0.25, 0.3) is 0 Å². The van der Waals surface area contributed by atoms with Crippen molar-refractivity contribution in [2.75, 3.05) is 11.4 Å². The van der Waals surface area contributed by atoms with E-state index in [2.05, 4.69) is 26.9 Å². The molecule has 7 heteroatoms. The van der Waals surface area contributed by atoms with Gasteiger partial charge in [-0.25, -0.2) is 0 Å². The Morgan fingerprint density at radius 2 is 1.74 bits per heavy atom. The van der Waals surface area contributed by atoms with Crippen molar-refractivity contribution in [2.24, 2.45) is 0 Å². The van der Waals surface area contributed by atoms with Gasteiger partial charge in [0.15, 0.2) is 11.0 Å². The Kier molecular flexibility index (Phi) is 6.84. The van der Waals surface area contributed by atoms with Crippen LogP contribution in [-0.4, -0.2) is 32.5 Å². The summed E-state index contributed by atoms with van der Waals surface area (Å²) in [5, 5.41) is 11.4. The summed E-state index contributed by atoms with van der Waals surface area (Å²) in [6.45, 7) is 5.20. The molecule has 5 nitrogen and oxygen atoms in total. The molecule has 4 aromatic rings. The Hall–Kier alpha value is -2.90. The molecule has 0 saturated carbocycles. The predicted molar refractivity (Wildman–Crippen MR) is 129 cm³/mol. The van der Waals surface area contributed by atoms with Crippen LogP contribution in [0.1, 0.15) is 19.4 Å². The van der Waals surface area contributed by atoms with Crippen molar-refractivity contribution >= 4 is 34.7 Å². The minimum absolute atomic E-state index is 0.0608. The summed E-state index contributed by atoms with van der Waals surface area (Å²) < 4.78 is 2.11. The molecule has 2 heterocycles. The number of anilines is 1. The smallest absolute Gasteiger partial charge is 0.240 e. The highest BCUT2D eigenvalue weighted by Crippen LogP contribution is 2.31. The Morgan fingerprint density at radius 3 is 2.39 bits per heavy atom. The zero-order valence-corrected chi connectivity index (χ0v) is 19.1. The summed E-state index contributed by atoms with van der Waals surface area (Å²) in [4.78, 5) is 16.1. The lowest BCUT2D eigenvalue weighted by molar-refractivity contribution is -0.117. The van der Waals surface area contributed by atoms with Crippen molar-refractivity contribution in [1.29, 1.82) is 0 Å². The highest BCUT2D eigenvalue weighted by molar-refractivity contribution is 8.00. The third kappa shape index (κ3) is 4.89. The topological polar surface area (TPSA) is 51.0 Å². The number of thiophene rings is 1. The highest BCUT2D eigenvalue weighted by atomic mass is 32.2. The molecule has 0 radical (unpaired) electrons. The number of benzene rings is 2. The minimum atomic E-state index is -0.296. The first-order valence-corrected chi connectivity index (χ1v) is 12.0. The second kappa shape index (κ2) is 9.94. The molecule has 158 valence electrons. The van der Waals surface area contributed by atoms with Gasteiger partial charge < -0.3 is 4.90 Å². The lowest BCUT2D eigenvalue weighted by Crippen LogP contribution is -2.36. The molecule has 0 N–H and O–H groups in total. The molecular weight excluding hydrogens is 424 g/mol. The third-order valence-corrected chi connectivity index (χ3v) is 6.86. The zero-order chi connectivity index (χ0) is 21.6. The molecule has 0 bridgehead atoms. The van der Waals surface area contributed by atoms with Crippen molar-refractivity contribution in [3.63, 3.8) is 0 Å². The average Bonchev–Trinajstić information content (AvgIpc) is 3.46. The number of para-hydroxylation sites is 1. The Morgan fingerprint density at radius 1 is 1.03 bits per heavy atom. The van der Waals surface area contributed by atoms with Crippen LogP contribution in [-0.2, 0) is 11.3 Å². The van der Waals surface area contributed by atoms with E-state index < -0.39 is 0 Å². The lowest BCUT2D eigenvalue weighted by atomic mass is 10.2. The monoisotopic (exact) mass is 448 g/mol. The third-order valence-electron chi connectivity index (χ3n) is 4.92. The fourth-order valence-corrected chi connectivity index (χ4v) is 5.00. The van der Waals surface area contributed by atoms with Gasteiger partial charge >= 0.3 is 0 Å². The Labute approximate surface area is 190 Å². The summed E-state index contributed by atoms with van der Waals surface area (Å²) >= 11 is 3.09. The normalized spacial score (nSPS) is 11.9. The van der Waals surface area contributed by atoms with Gasteiger partial charge in [0.05, 0.1) is 16.7 Å². The molecule has 1 unspecified atom stereocenters. The van der Waals surface area contributed by atoms with Crippen molar-refractivity contribution in [3.8, 4) is 10.7 Å². The average molecular weight is 449 g/mol. The van der Waals surface area contributed by atoms with Crippen LogP contribution in [0.3, 0.4) is 0 Å². The molecule has 2 aromatic carbocycles. The predicted octanol–water partition coefficient (Wildman–Crippen LogP) is 5.59. The molecule has 0 aliphatic heterocycles. The van der Waals surface area contributed by atoms with Crippen LogP contribution in [0.5, 0.6) is 0 Å². The fourth-order valence-electron chi connectivity index (χ4n) is 3.37. The van der Waals surface area contributed by atoms with E-state index in [1.54, 1.807) is 11.3 Å². The van der Waals surface area contributed by atoms with E-state index in [-0.39, 0.29) is 11.2 Å². The maximum Gasteiger partial charge on any atom is 0.240 e. The first-order valence-electron chi connectivity index (χ1n) is 10.2. The molecule has 0 aliphatic rings. The number of carbonyl (C=O) groups excluding carboxylic acids is 1. The summed E-state index contributed by atoms with van der Waals surface area (Å²) in [6, 6.07) is 24.1. The second-order valence-corrected chi connectivity index (χ2v) is 9.29. The molecule has 1 amide bonds. The molecule has 31 heavy (non-hydrogen) atoms. The van der Waals surface area contributed by atoms with Gasteiger partial charge in [0.2, 0.25) is 5.91 Å². The summed E-state index contributed by atoms with van der Waals surface area (Å²) in [5.74, 6) is 0.891. The second-order valence-electron chi connectivity index (χ2n) is 7.03. The van der Waals surface area contributed by atoms with E-state index in [4.69, 9.17) is 0 Å². The first-order chi connectivity index (χ1) is 15.2. The van der Waals surface area contributed by atoms with E-state index in [0.29, 0.717) is 13.1 Å². The number of hydrogen-bond acceptors (Lipinski definition) is 5. The van der Waals surface area contributed by atoms with Crippen LogP contribution in [0, 0.1) is 0 Å². The van der Waals surface area contributed by atoms with E-state index in [1.807, 2.05) is 84.8 Å². The highest BCUT2D eigenvalue weighted by Gasteiger charge is 2.25. The van der Waals surface area contributed by atoms with Gasteiger partial charge in [-0.05, 0) is 43.0 Å². The van der Waals surface area contributed by atoms with E-state index in [0.717, 1.165) is 21.5 Å². The van der Waals surface area contributed by atoms with Gasteiger partial charge in [-0.3, -0.25) is 9.36 Å². The van der Waals surface area contributed by atoms with Gasteiger partial charge in [0, 0.05) is 12.2 Å². The van der Waals surface area contributed by atoms with Crippen molar-refractivity contribution in [1.82, 2.24) is 14.8 Å². The number of aromatic nitrogens is 3. The fraction of sp³-hybridized carbons (Fsp3) is 0.208. The van der Waals surface area contributed by atoms with Crippen LogP contribution < -0.4 is 4.90 Å². The van der Waals surface area contributed by atoms with Gasteiger partial charge in [-0.15, -0.1) is 21.5 Å². The molecule has 0 fully saturated rings. The number of amides is 1. The number of thioether (sulfide) groups is 1. The largest absolute Gasteiger partial charge is 0.312 e. The molecule has 0 aliphatic carbocycles. The number of rotatable bonds is 8. The van der Waals surface area contributed by atoms with Crippen LogP contribution in [0.4, 0.5) is 5.69 Å². The maximum atomic E-state index is 13.2. The van der Waals surface area contributed by atoms with Crippen molar-refractivity contribution in [3.05, 3.63) is 83.7 Å². The Bertz CT molecular complexity index is 1110. The first kappa shape index (κ1) is 21.3. The van der Waals surface area contributed by atoms with E-state index in [1.165, 1.54) is 17.3 Å². The van der Waals surface area contributed by atoms with Gasteiger partial charge in [-0.1, -0.05) is 66.4 Å². The van der Waals surface area contributed by atoms with E-state index in [9.17, 15) is 4.79 Å². The standard InChI is InChI=1S/C24H24N4OS2/c1-3-27(20-13-8-5-9-14-20)23(29)18(2)31-24-26-25-22(21-15-10-16-30-21)28(24)17-19-11-6-4-7-12-19/h4-16,18H,3,17H2,1-2H3. The number of nitrogens with zero attached hydrogens (tertiary/aromatic N) is 4. The SMILES string of the molecule is CCN(C(=O)C(C)Sc1nnc(-c2cccs2)n1Cc1ccccc1)c1ccccc1. The summed E-state index contributed by atoms with van der Waals surface area (Å²) in [5.41, 5.74) is 2.08. The molecule has 1 atom stereocenters. The van der Waals surface area contributed by atoms with Crippen molar-refractivity contribution < 1.29 is 4.79 Å². The van der Waals surface area contributed by atoms with Crippen LogP contribution in [0.15, 0.2) is 83.3 Å². The molecular formula is C24H24N4OS2. The summed E-state index contributed by atoms with van der Waals surface area (Å²) in [6.07, 6.45) is 0. The zero-order valence-electron chi connectivity index (χ0n) is 17.5. The van der Waals surface area contributed by atoms with Crippen LogP contribution in [0.25, 0.3) is 10.7 Å². The van der Waals surface area contributed by atoms with Gasteiger partial charge in [0.1, 0.15) is 0 Å².